The Labute approximate surface area is 165 Å². The van der Waals surface area contributed by atoms with E-state index in [0.717, 1.165) is 51.9 Å². The van der Waals surface area contributed by atoms with Crippen LogP contribution < -0.4 is 0 Å². The SMILES string of the molecule is COCCN1C(=O)[C@H]2CC[C@@H]1CN(C1CCN(C(=O)c3cnccn3)CC1)C2. The van der Waals surface area contributed by atoms with Gasteiger partial charge in [-0.2, -0.15) is 0 Å². The number of likely N-dealkylation sites (tertiary alicyclic amines) is 1. The fourth-order valence-electron chi connectivity index (χ4n) is 4.86. The minimum Gasteiger partial charge on any atom is -0.383 e. The molecular formula is C20H29N5O3. The van der Waals surface area contributed by atoms with Crippen LogP contribution in [-0.4, -0.2) is 95.0 Å². The van der Waals surface area contributed by atoms with Gasteiger partial charge in [0.2, 0.25) is 5.91 Å². The summed E-state index contributed by atoms with van der Waals surface area (Å²) in [6.07, 6.45) is 8.62. The van der Waals surface area contributed by atoms with Gasteiger partial charge in [0.15, 0.2) is 0 Å². The van der Waals surface area contributed by atoms with Crippen molar-refractivity contribution in [1.29, 1.82) is 0 Å². The molecule has 0 saturated carbocycles. The summed E-state index contributed by atoms with van der Waals surface area (Å²) >= 11 is 0. The minimum atomic E-state index is -0.0385. The molecular weight excluding hydrogens is 358 g/mol. The number of ether oxygens (including phenoxy) is 1. The molecule has 2 amide bonds. The first-order chi connectivity index (χ1) is 13.7. The second kappa shape index (κ2) is 8.53. The predicted molar refractivity (Wildman–Crippen MR) is 103 cm³/mol. The molecule has 0 spiro atoms. The number of piperidine rings is 2. The Bertz CT molecular complexity index is 692. The molecule has 5 heterocycles. The maximum atomic E-state index is 12.8. The Hall–Kier alpha value is -2.06. The zero-order valence-electron chi connectivity index (χ0n) is 16.5. The summed E-state index contributed by atoms with van der Waals surface area (Å²) in [6.45, 7) is 4.53. The van der Waals surface area contributed by atoms with Crippen LogP contribution in [0.5, 0.6) is 0 Å². The Balaban J connectivity index is 1.36. The first kappa shape index (κ1) is 19.3. The lowest BCUT2D eigenvalue weighted by atomic mass is 9.94. The number of methoxy groups -OCH3 is 1. The van der Waals surface area contributed by atoms with Crippen LogP contribution in [0, 0.1) is 5.92 Å². The van der Waals surface area contributed by atoms with Crippen molar-refractivity contribution in [1.82, 2.24) is 24.7 Å². The van der Waals surface area contributed by atoms with Crippen LogP contribution in [0.3, 0.4) is 0 Å². The molecule has 28 heavy (non-hydrogen) atoms. The average molecular weight is 387 g/mol. The predicted octanol–water partition coefficient (Wildman–Crippen LogP) is 0.650. The van der Waals surface area contributed by atoms with Gasteiger partial charge in [-0.3, -0.25) is 19.5 Å². The largest absolute Gasteiger partial charge is 0.383 e. The Morgan fingerprint density at radius 3 is 2.68 bits per heavy atom. The molecule has 4 saturated heterocycles. The van der Waals surface area contributed by atoms with E-state index in [1.54, 1.807) is 19.5 Å². The van der Waals surface area contributed by atoms with E-state index in [4.69, 9.17) is 4.74 Å². The monoisotopic (exact) mass is 387 g/mol. The number of hydrogen-bond donors (Lipinski definition) is 0. The standard InChI is InChI=1S/C20H29N5O3/c1-28-11-10-25-17-3-2-15(19(25)26)13-24(14-17)16-4-8-23(9-5-16)20(27)18-12-21-6-7-22-18/h6-7,12,15-17H,2-5,8-11,13-14H2,1H3/t15-,17+/m0/s1. The number of aromatic nitrogens is 2. The fourth-order valence-corrected chi connectivity index (χ4v) is 4.86. The summed E-state index contributed by atoms with van der Waals surface area (Å²) in [5.41, 5.74) is 0.410. The molecule has 2 atom stereocenters. The van der Waals surface area contributed by atoms with Crippen LogP contribution in [0.2, 0.25) is 0 Å². The summed E-state index contributed by atoms with van der Waals surface area (Å²) in [5.74, 6) is 0.365. The van der Waals surface area contributed by atoms with E-state index < -0.39 is 0 Å². The van der Waals surface area contributed by atoms with E-state index in [9.17, 15) is 9.59 Å². The average Bonchev–Trinajstić information content (AvgIpc) is 3.04. The molecule has 0 N–H and O–H groups in total. The molecule has 0 radical (unpaired) electrons. The number of fused-ring (bicyclic) bond motifs is 4. The van der Waals surface area contributed by atoms with Crippen molar-refractivity contribution in [3.05, 3.63) is 24.3 Å². The van der Waals surface area contributed by atoms with Gasteiger partial charge in [-0.05, 0) is 25.7 Å². The van der Waals surface area contributed by atoms with Gasteiger partial charge in [0.1, 0.15) is 5.69 Å². The summed E-state index contributed by atoms with van der Waals surface area (Å²) in [7, 11) is 1.68. The van der Waals surface area contributed by atoms with E-state index in [-0.39, 0.29) is 11.8 Å². The molecule has 8 nitrogen and oxygen atoms in total. The van der Waals surface area contributed by atoms with Gasteiger partial charge < -0.3 is 14.5 Å². The van der Waals surface area contributed by atoms with Gasteiger partial charge in [-0.15, -0.1) is 0 Å². The molecule has 4 aliphatic rings. The first-order valence-corrected chi connectivity index (χ1v) is 10.3. The molecule has 0 aliphatic carbocycles. The van der Waals surface area contributed by atoms with E-state index in [1.807, 2.05) is 9.80 Å². The molecule has 152 valence electrons. The minimum absolute atomic E-state index is 0.0385. The highest BCUT2D eigenvalue weighted by atomic mass is 16.5. The first-order valence-electron chi connectivity index (χ1n) is 10.3. The summed E-state index contributed by atoms with van der Waals surface area (Å²) < 4.78 is 5.20. The highest BCUT2D eigenvalue weighted by Crippen LogP contribution is 2.31. The smallest absolute Gasteiger partial charge is 0.274 e. The number of amides is 2. The lowest BCUT2D eigenvalue weighted by molar-refractivity contribution is -0.140. The Morgan fingerprint density at radius 2 is 1.96 bits per heavy atom. The van der Waals surface area contributed by atoms with Gasteiger partial charge in [-0.1, -0.05) is 0 Å². The van der Waals surface area contributed by atoms with Gasteiger partial charge in [-0.25, -0.2) is 4.98 Å². The van der Waals surface area contributed by atoms with Gasteiger partial charge in [0, 0.05) is 64.3 Å². The van der Waals surface area contributed by atoms with Crippen LogP contribution >= 0.6 is 0 Å². The molecule has 8 heteroatoms. The topological polar surface area (TPSA) is 78.9 Å². The number of rotatable bonds is 5. The zero-order chi connectivity index (χ0) is 19.5. The van der Waals surface area contributed by atoms with Crippen molar-refractivity contribution >= 4 is 11.8 Å². The van der Waals surface area contributed by atoms with Gasteiger partial charge in [0.25, 0.3) is 5.91 Å². The van der Waals surface area contributed by atoms with E-state index in [2.05, 4.69) is 14.9 Å². The fraction of sp³-hybridized carbons (Fsp3) is 0.700. The molecule has 4 fully saturated rings. The third-order valence-electron chi connectivity index (χ3n) is 6.41. The second-order valence-corrected chi connectivity index (χ2v) is 8.02. The van der Waals surface area contributed by atoms with Crippen molar-refractivity contribution in [3.63, 3.8) is 0 Å². The van der Waals surface area contributed by atoms with Crippen molar-refractivity contribution in [2.24, 2.45) is 5.92 Å². The number of carbonyl (C=O) groups excluding carboxylic acids is 2. The van der Waals surface area contributed by atoms with E-state index in [1.165, 1.54) is 6.20 Å². The molecule has 0 unspecified atom stereocenters. The Morgan fingerprint density at radius 1 is 1.14 bits per heavy atom. The molecule has 0 aromatic carbocycles. The number of carbonyl (C=O) groups is 2. The molecule has 2 bridgehead atoms. The third-order valence-corrected chi connectivity index (χ3v) is 6.41. The summed E-state index contributed by atoms with van der Waals surface area (Å²) in [4.78, 5) is 40.0. The maximum absolute atomic E-state index is 12.8. The summed E-state index contributed by atoms with van der Waals surface area (Å²) in [5, 5.41) is 0. The maximum Gasteiger partial charge on any atom is 0.274 e. The third kappa shape index (κ3) is 3.89. The second-order valence-electron chi connectivity index (χ2n) is 8.02. The lowest BCUT2D eigenvalue weighted by Gasteiger charge is -2.39. The molecule has 1 aromatic heterocycles. The summed E-state index contributed by atoms with van der Waals surface area (Å²) in [6, 6.07) is 0.727. The molecule has 1 aromatic rings. The van der Waals surface area contributed by atoms with Gasteiger partial charge >= 0.3 is 0 Å². The Kier molecular flexibility index (Phi) is 5.87. The van der Waals surface area contributed by atoms with Crippen molar-refractivity contribution in [2.75, 3.05) is 46.4 Å². The van der Waals surface area contributed by atoms with Gasteiger partial charge in [0.05, 0.1) is 18.7 Å². The molecule has 5 rings (SSSR count). The van der Waals surface area contributed by atoms with E-state index >= 15 is 0 Å². The zero-order valence-corrected chi connectivity index (χ0v) is 16.5. The normalized spacial score (nSPS) is 26.5. The lowest BCUT2D eigenvalue weighted by Crippen LogP contribution is -2.50. The van der Waals surface area contributed by atoms with Crippen LogP contribution in [0.15, 0.2) is 18.6 Å². The van der Waals surface area contributed by atoms with Crippen molar-refractivity contribution < 1.29 is 14.3 Å². The quantitative estimate of drug-likeness (QED) is 0.738. The van der Waals surface area contributed by atoms with Crippen LogP contribution in [0.1, 0.15) is 36.2 Å². The van der Waals surface area contributed by atoms with Crippen LogP contribution in [0.4, 0.5) is 0 Å². The van der Waals surface area contributed by atoms with Crippen LogP contribution in [-0.2, 0) is 9.53 Å². The highest BCUT2D eigenvalue weighted by Gasteiger charge is 2.42. The number of nitrogens with zero attached hydrogens (tertiary/aromatic N) is 5. The van der Waals surface area contributed by atoms with Crippen molar-refractivity contribution in [3.8, 4) is 0 Å². The highest BCUT2D eigenvalue weighted by molar-refractivity contribution is 5.92. The molecule has 4 aliphatic heterocycles. The van der Waals surface area contributed by atoms with Crippen molar-refractivity contribution in [2.45, 2.75) is 37.8 Å². The van der Waals surface area contributed by atoms with Crippen LogP contribution in [0.25, 0.3) is 0 Å². The number of hydrogen-bond acceptors (Lipinski definition) is 6. The van der Waals surface area contributed by atoms with E-state index in [0.29, 0.717) is 36.8 Å².